The molecule has 0 spiro atoms. The number of hydrogen-bond acceptors (Lipinski definition) is 0. The first-order chi connectivity index (χ1) is 20.6. The van der Waals surface area contributed by atoms with Crippen LogP contribution in [-0.4, -0.2) is 0 Å². The standard InChI is InChI=1S/C39H23Br2.2ClH.Zr/c40-28-18-13-25(14-19-28)36(26-15-20-29(41)21-16-26)34-22-17-27-23-35-32-11-4-3-9-30(32)31-10-5-6-12-33(31)39(35)38(27)37(34)24-7-1-2-8-24;;;/h1-7,9-22H,8H2;2*1H;/q;;;+2/p-2. The minimum absolute atomic E-state index is 0. The van der Waals surface area contributed by atoms with Gasteiger partial charge in [0.15, 0.2) is 0 Å². The summed E-state index contributed by atoms with van der Waals surface area (Å²) in [5, 5.41) is 8.00. The fourth-order valence-electron chi connectivity index (χ4n) is 6.75. The van der Waals surface area contributed by atoms with Crippen LogP contribution in [0.2, 0.25) is 0 Å². The number of fused-ring (bicyclic) bond motifs is 8. The molecule has 211 valence electrons. The van der Waals surface area contributed by atoms with Crippen LogP contribution < -0.4 is 35.3 Å². The number of halogens is 4. The van der Waals surface area contributed by atoms with Crippen LogP contribution >= 0.6 is 31.9 Å². The molecule has 2 aliphatic rings. The van der Waals surface area contributed by atoms with Crippen molar-refractivity contribution in [2.75, 3.05) is 0 Å². The van der Waals surface area contributed by atoms with Gasteiger partial charge in [0.05, 0.1) is 0 Å². The molecule has 0 nitrogen and oxygen atoms in total. The molecule has 6 aromatic rings. The Morgan fingerprint density at radius 2 is 1.07 bits per heavy atom. The van der Waals surface area contributed by atoms with Crippen LogP contribution in [0.5, 0.6) is 0 Å². The van der Waals surface area contributed by atoms with Crippen LogP contribution in [-0.2, 0) is 24.7 Å². The quantitative estimate of drug-likeness (QED) is 0.239. The van der Waals surface area contributed by atoms with Gasteiger partial charge in [-0.15, -0.1) is 0 Å². The van der Waals surface area contributed by atoms with Crippen molar-refractivity contribution < 1.29 is 49.5 Å². The number of rotatable bonds is 3. The van der Waals surface area contributed by atoms with Crippen LogP contribution in [0, 0.1) is 0 Å². The number of allylic oxidation sites excluding steroid dienone is 4. The van der Waals surface area contributed by atoms with Crippen molar-refractivity contribution in [2.24, 2.45) is 0 Å². The van der Waals surface area contributed by atoms with Gasteiger partial charge in [0.25, 0.3) is 0 Å². The Labute approximate surface area is 301 Å². The topological polar surface area (TPSA) is 0 Å². The fourth-order valence-corrected chi connectivity index (χ4v) is 8.43. The van der Waals surface area contributed by atoms with Crippen LogP contribution in [0.15, 0.2) is 136 Å². The van der Waals surface area contributed by atoms with Crippen LogP contribution in [0.4, 0.5) is 0 Å². The summed E-state index contributed by atoms with van der Waals surface area (Å²) in [6, 6.07) is 40.2. The van der Waals surface area contributed by atoms with Crippen LogP contribution in [0.1, 0.15) is 28.7 Å². The van der Waals surface area contributed by atoms with E-state index in [4.69, 9.17) is 0 Å². The van der Waals surface area contributed by atoms with Crippen LogP contribution in [0.25, 0.3) is 47.1 Å². The molecule has 0 unspecified atom stereocenters. The molecular formula is C39H23Br2Cl2Zr. The van der Waals surface area contributed by atoms with Crippen molar-refractivity contribution in [2.45, 2.75) is 6.42 Å². The third-order valence-electron chi connectivity index (χ3n) is 8.54. The second-order valence-corrected chi connectivity index (χ2v) is 13.9. The molecule has 0 heterocycles. The normalized spacial score (nSPS) is 12.9. The summed E-state index contributed by atoms with van der Waals surface area (Å²) in [5.41, 5.74) is 10.6. The first-order valence-electron chi connectivity index (χ1n) is 14.1. The molecule has 2 aliphatic carbocycles. The Morgan fingerprint density at radius 3 is 1.59 bits per heavy atom. The summed E-state index contributed by atoms with van der Waals surface area (Å²) in [7, 11) is 0. The third-order valence-corrected chi connectivity index (χ3v) is 10.9. The summed E-state index contributed by atoms with van der Waals surface area (Å²) in [6.45, 7) is 0. The van der Waals surface area contributed by atoms with Crippen molar-refractivity contribution in [1.82, 2.24) is 0 Å². The van der Waals surface area contributed by atoms with E-state index < -0.39 is 0 Å². The van der Waals surface area contributed by atoms with E-state index in [1.54, 1.807) is 0 Å². The van der Waals surface area contributed by atoms with E-state index in [-0.39, 0.29) is 24.8 Å². The number of hydrogen-bond donors (Lipinski definition) is 0. The van der Waals surface area contributed by atoms with E-state index in [0.717, 1.165) is 15.4 Å². The molecule has 6 aromatic carbocycles. The Balaban J connectivity index is 0.00000171. The summed E-state index contributed by atoms with van der Waals surface area (Å²) in [5.74, 6) is 0. The van der Waals surface area contributed by atoms with E-state index in [2.05, 4.69) is 159 Å². The third kappa shape index (κ3) is 5.06. The molecule has 0 saturated heterocycles. The van der Waals surface area contributed by atoms with Crippen molar-refractivity contribution in [3.63, 3.8) is 0 Å². The van der Waals surface area contributed by atoms with Gasteiger partial charge in [-0.25, -0.2) is 0 Å². The van der Waals surface area contributed by atoms with E-state index in [1.165, 1.54) is 105 Å². The van der Waals surface area contributed by atoms with Gasteiger partial charge in [0.2, 0.25) is 0 Å². The van der Waals surface area contributed by atoms with Gasteiger partial charge in [-0.05, 0) is 0 Å². The molecule has 5 heteroatoms. The maximum atomic E-state index is 3.66. The van der Waals surface area contributed by atoms with E-state index in [0.29, 0.717) is 0 Å². The monoisotopic (exact) mass is 809 g/mol. The molecule has 0 amide bonds. The van der Waals surface area contributed by atoms with E-state index in [1.807, 2.05) is 0 Å². The van der Waals surface area contributed by atoms with Crippen LogP contribution in [0.3, 0.4) is 0 Å². The van der Waals surface area contributed by atoms with Gasteiger partial charge >= 0.3 is 279 Å². The summed E-state index contributed by atoms with van der Waals surface area (Å²) >= 11 is 8.76. The average Bonchev–Trinajstić information content (AvgIpc) is 3.66. The predicted octanol–water partition coefficient (Wildman–Crippen LogP) is 3.80. The van der Waals surface area contributed by atoms with Crippen molar-refractivity contribution >= 4 is 67.8 Å². The van der Waals surface area contributed by atoms with Crippen molar-refractivity contribution in [3.05, 3.63) is 169 Å². The molecule has 0 atom stereocenters. The first-order valence-corrected chi connectivity index (χ1v) is 16.9. The second-order valence-electron chi connectivity index (χ2n) is 10.8. The average molecular weight is 814 g/mol. The van der Waals surface area contributed by atoms with E-state index in [9.17, 15) is 0 Å². The Morgan fingerprint density at radius 1 is 0.545 bits per heavy atom. The maximum Gasteiger partial charge on any atom is -1.00 e. The molecule has 0 aromatic heterocycles. The van der Waals surface area contributed by atoms with Crippen molar-refractivity contribution in [3.8, 4) is 11.1 Å². The smallest absolute Gasteiger partial charge is 1.00 e. The molecule has 0 N–H and O–H groups in total. The Hall–Kier alpha value is -2.52. The fraction of sp³-hybridized carbons (Fsp3) is 0.0256. The zero-order chi connectivity index (χ0) is 28.4. The molecule has 0 aliphatic heterocycles. The SMILES string of the molecule is Brc1ccc(C(c2ccc(Br)cc2)=c2ccc3c(c2C2=CC=CC2)-c2c(c4ccccc4c4ccccc24)[C]=3[Zr+2])cc1.[Cl-].[Cl-]. The zero-order valence-corrected chi connectivity index (χ0v) is 30.5. The largest absolute Gasteiger partial charge is 1.00 e. The van der Waals surface area contributed by atoms with Gasteiger partial charge in [-0.3, -0.25) is 0 Å². The molecule has 0 saturated carbocycles. The van der Waals surface area contributed by atoms with Gasteiger partial charge in [-0.2, -0.15) is 0 Å². The Bertz CT molecular complexity index is 2240. The zero-order valence-electron chi connectivity index (χ0n) is 23.3. The van der Waals surface area contributed by atoms with Gasteiger partial charge in [0.1, 0.15) is 0 Å². The minimum atomic E-state index is 0. The molecule has 0 radical (unpaired) electrons. The summed E-state index contributed by atoms with van der Waals surface area (Å²) in [6.07, 6.45) is 7.76. The predicted molar refractivity (Wildman–Crippen MR) is 180 cm³/mol. The summed E-state index contributed by atoms with van der Waals surface area (Å²) in [4.78, 5) is 0. The first kappa shape index (κ1) is 31.5. The van der Waals surface area contributed by atoms with Gasteiger partial charge in [-0.1, -0.05) is 0 Å². The van der Waals surface area contributed by atoms with Crippen molar-refractivity contribution in [1.29, 1.82) is 0 Å². The molecule has 44 heavy (non-hydrogen) atoms. The van der Waals surface area contributed by atoms with Gasteiger partial charge < -0.3 is 24.8 Å². The minimum Gasteiger partial charge on any atom is -1.00 e. The molecule has 0 bridgehead atoms. The number of benzene rings is 6. The maximum absolute atomic E-state index is 3.66. The molecule has 8 rings (SSSR count). The molecular weight excluding hydrogens is 790 g/mol. The summed E-state index contributed by atoms with van der Waals surface area (Å²) < 4.78 is 3.61. The molecule has 0 fully saturated rings. The van der Waals surface area contributed by atoms with Gasteiger partial charge in [0, 0.05) is 0 Å². The Kier molecular flexibility index (Phi) is 9.08. The second kappa shape index (κ2) is 12.7. The van der Waals surface area contributed by atoms with E-state index >= 15 is 0 Å².